The third-order valence-corrected chi connectivity index (χ3v) is 3.55. The van der Waals surface area contributed by atoms with Crippen LogP contribution in [0, 0.1) is 5.82 Å². The number of halogens is 1. The van der Waals surface area contributed by atoms with Crippen LogP contribution in [0.2, 0.25) is 0 Å². The quantitative estimate of drug-likeness (QED) is 0.877. The van der Waals surface area contributed by atoms with E-state index in [1.807, 2.05) is 4.72 Å². The largest absolute Gasteiger partial charge is 0.478 e. The molecule has 7 nitrogen and oxygen atoms in total. The van der Waals surface area contributed by atoms with Crippen molar-refractivity contribution >= 4 is 21.7 Å². The molecule has 100 valence electrons. The lowest BCUT2D eigenvalue weighted by atomic mass is 10.2. The number of hydrogen-bond donors (Lipinski definition) is 2. The van der Waals surface area contributed by atoms with Crippen LogP contribution in [-0.4, -0.2) is 24.7 Å². The molecule has 0 aliphatic heterocycles. The van der Waals surface area contributed by atoms with Crippen molar-refractivity contribution in [3.05, 3.63) is 42.0 Å². The van der Waals surface area contributed by atoms with Gasteiger partial charge in [-0.3, -0.25) is 4.72 Å². The van der Waals surface area contributed by atoms with Crippen molar-refractivity contribution in [3.8, 4) is 0 Å². The molecule has 0 spiro atoms. The number of aromatic carboxylic acids is 1. The number of rotatable bonds is 4. The number of nitrogens with one attached hydrogen (secondary N) is 1. The summed E-state index contributed by atoms with van der Waals surface area (Å²) < 4.78 is 43.7. The Morgan fingerprint density at radius 2 is 2.16 bits per heavy atom. The highest BCUT2D eigenvalue weighted by atomic mass is 32.2. The Bertz CT molecular complexity index is 712. The van der Waals surface area contributed by atoms with Crippen molar-refractivity contribution in [2.75, 3.05) is 4.72 Å². The molecule has 19 heavy (non-hydrogen) atoms. The smallest absolute Gasteiger partial charge is 0.335 e. The highest BCUT2D eigenvalue weighted by molar-refractivity contribution is 7.92. The molecule has 0 bridgehead atoms. The third-order valence-electron chi connectivity index (χ3n) is 2.15. The minimum absolute atomic E-state index is 0.000119. The lowest BCUT2D eigenvalue weighted by Gasteiger charge is -2.07. The highest BCUT2D eigenvalue weighted by Gasteiger charge is 2.21. The van der Waals surface area contributed by atoms with Crippen molar-refractivity contribution < 1.29 is 27.2 Å². The Hall–Kier alpha value is -2.42. The van der Waals surface area contributed by atoms with Crippen molar-refractivity contribution in [2.45, 2.75) is 4.90 Å². The normalized spacial score (nSPS) is 11.2. The maximum atomic E-state index is 13.5. The predicted molar refractivity (Wildman–Crippen MR) is 60.7 cm³/mol. The first kappa shape index (κ1) is 13.0. The fraction of sp³-hybridized carbons (Fsp3) is 0. The van der Waals surface area contributed by atoms with E-state index >= 15 is 0 Å². The second kappa shape index (κ2) is 4.69. The number of aromatic nitrogens is 1. The fourth-order valence-corrected chi connectivity index (χ4v) is 2.44. The Balaban J connectivity index is 2.45. The Morgan fingerprint density at radius 1 is 1.42 bits per heavy atom. The Morgan fingerprint density at radius 3 is 2.74 bits per heavy atom. The van der Waals surface area contributed by atoms with Gasteiger partial charge in [0, 0.05) is 0 Å². The van der Waals surface area contributed by atoms with Gasteiger partial charge >= 0.3 is 5.97 Å². The second-order valence-electron chi connectivity index (χ2n) is 3.47. The van der Waals surface area contributed by atoms with Crippen LogP contribution in [0.4, 0.5) is 10.1 Å². The monoisotopic (exact) mass is 286 g/mol. The number of carboxylic acids is 1. The van der Waals surface area contributed by atoms with Crippen molar-refractivity contribution in [2.24, 2.45) is 0 Å². The molecular formula is C10H7FN2O5S. The van der Waals surface area contributed by atoms with Gasteiger partial charge in [0.05, 0.1) is 11.8 Å². The molecule has 0 unspecified atom stereocenters. The Kier molecular flexibility index (Phi) is 3.21. The average Bonchev–Trinajstić information content (AvgIpc) is 2.81. The van der Waals surface area contributed by atoms with Crippen LogP contribution in [0.3, 0.4) is 0 Å². The molecule has 0 aliphatic carbocycles. The van der Waals surface area contributed by atoms with Gasteiger partial charge in [-0.05, 0) is 18.2 Å². The van der Waals surface area contributed by atoms with E-state index in [9.17, 15) is 17.6 Å². The maximum absolute atomic E-state index is 13.5. The SMILES string of the molecule is O=C(O)c1ccc(F)c(S(=O)(=O)Nc2cnoc2)c1. The van der Waals surface area contributed by atoms with Gasteiger partial charge in [0.15, 0.2) is 0 Å². The zero-order valence-corrected chi connectivity index (χ0v) is 10.0. The van der Waals surface area contributed by atoms with E-state index in [4.69, 9.17) is 5.11 Å². The zero-order valence-electron chi connectivity index (χ0n) is 9.20. The molecule has 2 N–H and O–H groups in total. The van der Waals surface area contributed by atoms with Crippen LogP contribution in [-0.2, 0) is 10.0 Å². The number of carbonyl (C=O) groups is 1. The van der Waals surface area contributed by atoms with Crippen LogP contribution < -0.4 is 4.72 Å². The van der Waals surface area contributed by atoms with Gasteiger partial charge in [-0.1, -0.05) is 5.16 Å². The molecule has 1 heterocycles. The van der Waals surface area contributed by atoms with Crippen LogP contribution in [0.5, 0.6) is 0 Å². The summed E-state index contributed by atoms with van der Waals surface area (Å²) in [6.07, 6.45) is 2.09. The van der Waals surface area contributed by atoms with Crippen molar-refractivity contribution in [1.29, 1.82) is 0 Å². The van der Waals surface area contributed by atoms with Gasteiger partial charge in [-0.25, -0.2) is 17.6 Å². The van der Waals surface area contributed by atoms with E-state index in [1.165, 1.54) is 0 Å². The van der Waals surface area contributed by atoms with E-state index < -0.39 is 26.7 Å². The molecule has 2 aromatic rings. The van der Waals surface area contributed by atoms with Crippen LogP contribution >= 0.6 is 0 Å². The highest BCUT2D eigenvalue weighted by Crippen LogP contribution is 2.20. The van der Waals surface area contributed by atoms with Gasteiger partial charge in [0.25, 0.3) is 10.0 Å². The maximum Gasteiger partial charge on any atom is 0.335 e. The number of carboxylic acid groups (broad SMARTS) is 1. The molecule has 9 heteroatoms. The Labute approximate surface area is 106 Å². The van der Waals surface area contributed by atoms with Gasteiger partial charge in [0.2, 0.25) is 0 Å². The van der Waals surface area contributed by atoms with E-state index in [0.29, 0.717) is 0 Å². The average molecular weight is 286 g/mol. The van der Waals surface area contributed by atoms with E-state index in [-0.39, 0.29) is 11.3 Å². The van der Waals surface area contributed by atoms with Gasteiger partial charge in [-0.15, -0.1) is 0 Å². The number of anilines is 1. The summed E-state index contributed by atoms with van der Waals surface area (Å²) in [5.74, 6) is -2.42. The molecule has 0 amide bonds. The van der Waals surface area contributed by atoms with Gasteiger partial charge in [0.1, 0.15) is 22.7 Å². The summed E-state index contributed by atoms with van der Waals surface area (Å²) in [7, 11) is -4.26. The molecule has 0 saturated carbocycles. The van der Waals surface area contributed by atoms with Gasteiger partial charge < -0.3 is 9.63 Å². The summed E-state index contributed by atoms with van der Waals surface area (Å²) in [4.78, 5) is 9.98. The number of hydrogen-bond acceptors (Lipinski definition) is 5. The first-order valence-corrected chi connectivity index (χ1v) is 6.33. The van der Waals surface area contributed by atoms with E-state index in [1.54, 1.807) is 0 Å². The molecule has 1 aromatic heterocycles. The lowest BCUT2D eigenvalue weighted by molar-refractivity contribution is 0.0696. The minimum Gasteiger partial charge on any atom is -0.478 e. The fourth-order valence-electron chi connectivity index (χ4n) is 1.31. The summed E-state index contributed by atoms with van der Waals surface area (Å²) in [5, 5.41) is 12.0. The van der Waals surface area contributed by atoms with Crippen LogP contribution in [0.1, 0.15) is 10.4 Å². The molecule has 0 fully saturated rings. The molecule has 1 aromatic carbocycles. The van der Waals surface area contributed by atoms with Crippen LogP contribution in [0.25, 0.3) is 0 Å². The third kappa shape index (κ3) is 2.71. The number of sulfonamides is 1. The molecule has 2 rings (SSSR count). The number of benzene rings is 1. The molecule has 0 radical (unpaired) electrons. The summed E-state index contributed by atoms with van der Waals surface area (Å²) in [6.45, 7) is 0. The topological polar surface area (TPSA) is 110 Å². The molecule has 0 saturated heterocycles. The minimum atomic E-state index is -4.26. The van der Waals surface area contributed by atoms with Gasteiger partial charge in [-0.2, -0.15) is 0 Å². The van der Waals surface area contributed by atoms with Crippen molar-refractivity contribution in [3.63, 3.8) is 0 Å². The zero-order chi connectivity index (χ0) is 14.0. The molecular weight excluding hydrogens is 279 g/mol. The molecule has 0 aliphatic rings. The van der Waals surface area contributed by atoms with Crippen LogP contribution in [0.15, 0.2) is 40.1 Å². The molecule has 0 atom stereocenters. The standard InChI is InChI=1S/C10H7FN2O5S/c11-8-2-1-6(10(14)15)3-9(8)19(16,17)13-7-4-12-18-5-7/h1-5,13H,(H,14,15). The predicted octanol–water partition coefficient (Wildman–Crippen LogP) is 1.31. The first-order chi connectivity index (χ1) is 8.90. The van der Waals surface area contributed by atoms with Crippen molar-refractivity contribution in [1.82, 2.24) is 5.16 Å². The summed E-state index contributed by atoms with van der Waals surface area (Å²) in [6, 6.07) is 2.47. The van der Waals surface area contributed by atoms with E-state index in [0.717, 1.165) is 30.7 Å². The summed E-state index contributed by atoms with van der Waals surface area (Å²) >= 11 is 0. The lowest BCUT2D eigenvalue weighted by Crippen LogP contribution is -2.15. The second-order valence-corrected chi connectivity index (χ2v) is 5.12. The first-order valence-electron chi connectivity index (χ1n) is 4.85. The number of nitrogens with zero attached hydrogens (tertiary/aromatic N) is 1. The van der Waals surface area contributed by atoms with E-state index in [2.05, 4.69) is 9.68 Å². The summed E-state index contributed by atoms with van der Waals surface area (Å²) in [5.41, 5.74) is -0.341.